The molecule has 2 fully saturated rings. The molecule has 276 valence electrons. The SMILES string of the molecule is CCOc1cc(C#CC(C)(C)C)ccc1C1=NC(c2ccc(Cl)cc2)C(c2ccc(Cl)cc2)N1C(=O)N1CCN(CC(=O)N2CCOCC2)CC1.Cl. The molecule has 3 aromatic carbocycles. The van der Waals surface area contributed by atoms with Crippen LogP contribution in [0.3, 0.4) is 0 Å². The Morgan fingerprint density at radius 3 is 2.08 bits per heavy atom. The minimum absolute atomic E-state index is 0. The van der Waals surface area contributed by atoms with Crippen molar-refractivity contribution in [3.05, 3.63) is 99.0 Å². The number of carbonyl (C=O) groups excluding carboxylic acids is 2. The molecule has 3 heterocycles. The van der Waals surface area contributed by atoms with Gasteiger partial charge in [0.2, 0.25) is 5.91 Å². The Labute approximate surface area is 323 Å². The van der Waals surface area contributed by atoms with E-state index in [2.05, 4.69) is 37.5 Å². The zero-order valence-corrected chi connectivity index (χ0v) is 32.4. The second-order valence-corrected chi connectivity index (χ2v) is 14.9. The molecule has 0 spiro atoms. The molecule has 2 atom stereocenters. The molecule has 2 unspecified atom stereocenters. The molecule has 52 heavy (non-hydrogen) atoms. The van der Waals surface area contributed by atoms with Crippen LogP contribution in [0.2, 0.25) is 10.0 Å². The molecule has 2 saturated heterocycles. The van der Waals surface area contributed by atoms with Gasteiger partial charge >= 0.3 is 6.03 Å². The van der Waals surface area contributed by atoms with Gasteiger partial charge in [-0.15, -0.1) is 12.4 Å². The molecule has 0 radical (unpaired) electrons. The lowest BCUT2D eigenvalue weighted by molar-refractivity contribution is -0.136. The zero-order chi connectivity index (χ0) is 36.1. The van der Waals surface area contributed by atoms with E-state index in [0.29, 0.717) is 92.8 Å². The first kappa shape index (κ1) is 39.4. The van der Waals surface area contributed by atoms with Crippen LogP contribution in [-0.4, -0.2) is 103 Å². The first-order valence-electron chi connectivity index (χ1n) is 17.6. The average Bonchev–Trinajstić information content (AvgIpc) is 3.52. The lowest BCUT2D eigenvalue weighted by atomic mass is 9.93. The average molecular weight is 767 g/mol. The van der Waals surface area contributed by atoms with Crippen molar-refractivity contribution in [3.63, 3.8) is 0 Å². The molecule has 3 aliphatic rings. The number of hydrogen-bond acceptors (Lipinski definition) is 6. The van der Waals surface area contributed by atoms with Crippen molar-refractivity contribution in [3.8, 4) is 17.6 Å². The standard InChI is InChI=1S/C40H45Cl2N5O4.ClH/c1-5-51-34-26-28(16-17-40(2,3)4)6-15-33(34)38-43-36(29-7-11-31(41)12-8-29)37(30-9-13-32(42)14-10-30)47(38)39(49)46-20-18-44(19-21-46)27-35(48)45-22-24-50-25-23-45;/h6-15,26,36-37H,5,18-25,27H2,1-4H3;1H. The van der Waals surface area contributed by atoms with Gasteiger partial charge in [-0.25, -0.2) is 4.79 Å². The number of amides is 3. The van der Waals surface area contributed by atoms with Gasteiger partial charge in [-0.3, -0.25) is 19.6 Å². The number of piperazine rings is 1. The minimum atomic E-state index is -0.485. The highest BCUT2D eigenvalue weighted by Gasteiger charge is 2.45. The van der Waals surface area contributed by atoms with E-state index in [1.54, 1.807) is 0 Å². The fourth-order valence-corrected chi connectivity index (χ4v) is 6.78. The Hall–Kier alpha value is -3.78. The molecule has 0 bridgehead atoms. The third-order valence-corrected chi connectivity index (χ3v) is 9.67. The summed E-state index contributed by atoms with van der Waals surface area (Å²) in [5.74, 6) is 7.81. The zero-order valence-electron chi connectivity index (χ0n) is 30.1. The second kappa shape index (κ2) is 17.4. The predicted octanol–water partition coefficient (Wildman–Crippen LogP) is 7.35. The Kier molecular flexibility index (Phi) is 13.2. The van der Waals surface area contributed by atoms with E-state index < -0.39 is 12.1 Å². The maximum absolute atomic E-state index is 14.9. The fourth-order valence-electron chi connectivity index (χ4n) is 6.53. The normalized spacial score (nSPS) is 19.3. The largest absolute Gasteiger partial charge is 0.493 e. The van der Waals surface area contributed by atoms with Crippen LogP contribution in [0.5, 0.6) is 5.75 Å². The topological polar surface area (TPSA) is 77.9 Å². The number of morpholine rings is 1. The van der Waals surface area contributed by atoms with Crippen LogP contribution >= 0.6 is 35.6 Å². The molecule has 3 aliphatic heterocycles. The molecule has 0 aromatic heterocycles. The highest BCUT2D eigenvalue weighted by molar-refractivity contribution is 6.30. The van der Waals surface area contributed by atoms with Gasteiger partial charge < -0.3 is 19.3 Å². The summed E-state index contributed by atoms with van der Waals surface area (Å²) in [5, 5.41) is 1.22. The summed E-state index contributed by atoms with van der Waals surface area (Å²) in [7, 11) is 0. The van der Waals surface area contributed by atoms with Crippen molar-refractivity contribution < 1.29 is 19.1 Å². The lowest BCUT2D eigenvalue weighted by Gasteiger charge is -2.39. The number of benzene rings is 3. The number of halogens is 3. The summed E-state index contributed by atoms with van der Waals surface area (Å²) in [6.07, 6.45) is 0. The summed E-state index contributed by atoms with van der Waals surface area (Å²) < 4.78 is 11.6. The van der Waals surface area contributed by atoms with E-state index in [1.807, 2.05) is 88.4 Å². The number of urea groups is 1. The van der Waals surface area contributed by atoms with Crippen LogP contribution in [0.4, 0.5) is 4.79 Å². The van der Waals surface area contributed by atoms with Gasteiger partial charge in [0.15, 0.2) is 0 Å². The summed E-state index contributed by atoms with van der Waals surface area (Å²) in [6.45, 7) is 13.4. The van der Waals surface area contributed by atoms with Crippen LogP contribution in [0, 0.1) is 17.3 Å². The molecule has 0 N–H and O–H groups in total. The molecular weight excluding hydrogens is 721 g/mol. The number of amidine groups is 1. The van der Waals surface area contributed by atoms with Crippen molar-refractivity contribution in [1.29, 1.82) is 0 Å². The van der Waals surface area contributed by atoms with Crippen LogP contribution in [-0.2, 0) is 9.53 Å². The number of aliphatic imine (C=N–C) groups is 1. The Morgan fingerprint density at radius 2 is 1.48 bits per heavy atom. The third-order valence-electron chi connectivity index (χ3n) is 9.17. The highest BCUT2D eigenvalue weighted by Crippen LogP contribution is 2.45. The maximum atomic E-state index is 14.9. The number of hydrogen-bond donors (Lipinski definition) is 0. The summed E-state index contributed by atoms with van der Waals surface area (Å²) in [4.78, 5) is 40.9. The van der Waals surface area contributed by atoms with Crippen molar-refractivity contribution >= 4 is 53.4 Å². The lowest BCUT2D eigenvalue weighted by Crippen LogP contribution is -2.56. The second-order valence-electron chi connectivity index (χ2n) is 14.0. The monoisotopic (exact) mass is 765 g/mol. The van der Waals surface area contributed by atoms with E-state index >= 15 is 0 Å². The van der Waals surface area contributed by atoms with E-state index in [1.165, 1.54) is 0 Å². The Balaban J connectivity index is 0.00000523. The summed E-state index contributed by atoms with van der Waals surface area (Å²) in [5.41, 5.74) is 3.17. The maximum Gasteiger partial charge on any atom is 0.326 e. The van der Waals surface area contributed by atoms with Crippen LogP contribution in [0.25, 0.3) is 0 Å². The summed E-state index contributed by atoms with van der Waals surface area (Å²) in [6, 6.07) is 20.0. The predicted molar refractivity (Wildman–Crippen MR) is 209 cm³/mol. The van der Waals surface area contributed by atoms with Gasteiger partial charge in [0.1, 0.15) is 17.6 Å². The molecule has 0 saturated carbocycles. The van der Waals surface area contributed by atoms with Gasteiger partial charge in [0.05, 0.1) is 38.0 Å². The van der Waals surface area contributed by atoms with E-state index in [9.17, 15) is 9.59 Å². The Morgan fingerprint density at radius 1 is 0.865 bits per heavy atom. The highest BCUT2D eigenvalue weighted by atomic mass is 35.5. The first-order valence-corrected chi connectivity index (χ1v) is 18.3. The number of rotatable bonds is 7. The van der Waals surface area contributed by atoms with Crippen molar-refractivity contribution in [2.75, 3.05) is 65.6 Å². The third kappa shape index (κ3) is 9.41. The van der Waals surface area contributed by atoms with Gasteiger partial charge in [0, 0.05) is 60.3 Å². The van der Waals surface area contributed by atoms with E-state index in [-0.39, 0.29) is 29.8 Å². The quantitative estimate of drug-likeness (QED) is 0.235. The van der Waals surface area contributed by atoms with Crippen molar-refractivity contribution in [2.24, 2.45) is 10.4 Å². The van der Waals surface area contributed by atoms with Crippen molar-refractivity contribution in [1.82, 2.24) is 19.6 Å². The Bertz CT molecular complexity index is 1800. The minimum Gasteiger partial charge on any atom is -0.493 e. The molecule has 3 aromatic rings. The van der Waals surface area contributed by atoms with Crippen LogP contribution in [0.1, 0.15) is 62.0 Å². The van der Waals surface area contributed by atoms with Gasteiger partial charge in [-0.1, -0.05) is 59.3 Å². The van der Waals surface area contributed by atoms with E-state index in [0.717, 1.165) is 16.7 Å². The van der Waals surface area contributed by atoms with Crippen molar-refractivity contribution in [2.45, 2.75) is 39.8 Å². The van der Waals surface area contributed by atoms with Gasteiger partial charge in [-0.2, -0.15) is 0 Å². The van der Waals surface area contributed by atoms with Crippen LogP contribution in [0.15, 0.2) is 71.7 Å². The smallest absolute Gasteiger partial charge is 0.326 e. The molecule has 6 rings (SSSR count). The van der Waals surface area contributed by atoms with Gasteiger partial charge in [0.25, 0.3) is 0 Å². The molecule has 12 heteroatoms. The molecule has 0 aliphatic carbocycles. The number of carbonyl (C=O) groups is 2. The van der Waals surface area contributed by atoms with Gasteiger partial charge in [-0.05, 0) is 81.3 Å². The van der Waals surface area contributed by atoms with E-state index in [4.69, 9.17) is 37.7 Å². The van der Waals surface area contributed by atoms with Crippen LogP contribution < -0.4 is 4.74 Å². The fraction of sp³-hybridized carbons (Fsp3) is 0.425. The first-order chi connectivity index (χ1) is 24.5. The number of ether oxygens (including phenoxy) is 2. The molecule has 3 amide bonds. The summed E-state index contributed by atoms with van der Waals surface area (Å²) >= 11 is 12.7. The number of nitrogens with zero attached hydrogens (tertiary/aromatic N) is 5. The molecular formula is C40H46Cl3N5O4. The molecule has 9 nitrogen and oxygen atoms in total.